The SMILES string of the molecule is CCC(=O)Nc1ccc2c(c1)c1c(n2C)C=CCC1(OC)C(=O)Nc1c(Cl)cncc1Cl. The Labute approximate surface area is 195 Å². The highest BCUT2D eigenvalue weighted by molar-refractivity contribution is 6.39. The van der Waals surface area contributed by atoms with Crippen LogP contribution < -0.4 is 10.6 Å². The summed E-state index contributed by atoms with van der Waals surface area (Å²) in [6.07, 6.45) is 7.37. The predicted molar refractivity (Wildman–Crippen MR) is 127 cm³/mol. The van der Waals surface area contributed by atoms with Crippen LogP contribution in [0, 0.1) is 0 Å². The normalized spacial score (nSPS) is 17.3. The summed E-state index contributed by atoms with van der Waals surface area (Å²) in [7, 11) is 3.43. The van der Waals surface area contributed by atoms with E-state index in [9.17, 15) is 9.59 Å². The van der Waals surface area contributed by atoms with Gasteiger partial charge in [0.1, 0.15) is 0 Å². The van der Waals surface area contributed by atoms with Gasteiger partial charge in [0.15, 0.2) is 5.60 Å². The molecule has 3 aromatic rings. The molecule has 2 aromatic heterocycles. The maximum absolute atomic E-state index is 13.7. The van der Waals surface area contributed by atoms with Gasteiger partial charge in [0.2, 0.25) is 5.91 Å². The third-order valence-corrected chi connectivity index (χ3v) is 6.31. The van der Waals surface area contributed by atoms with Crippen molar-refractivity contribution >= 4 is 63.4 Å². The van der Waals surface area contributed by atoms with E-state index < -0.39 is 11.5 Å². The van der Waals surface area contributed by atoms with Crippen LogP contribution in [0.1, 0.15) is 31.0 Å². The summed E-state index contributed by atoms with van der Waals surface area (Å²) in [5.74, 6) is -0.497. The number of halogens is 2. The van der Waals surface area contributed by atoms with E-state index in [0.717, 1.165) is 16.6 Å². The van der Waals surface area contributed by atoms with Crippen molar-refractivity contribution < 1.29 is 14.3 Å². The maximum atomic E-state index is 13.7. The van der Waals surface area contributed by atoms with Crippen molar-refractivity contribution in [3.05, 3.63) is 58.0 Å². The molecule has 2 heterocycles. The molecule has 0 saturated carbocycles. The van der Waals surface area contributed by atoms with Crippen LogP contribution in [0.3, 0.4) is 0 Å². The van der Waals surface area contributed by atoms with Crippen molar-refractivity contribution in [2.45, 2.75) is 25.4 Å². The number of hydrogen-bond acceptors (Lipinski definition) is 4. The zero-order valence-electron chi connectivity index (χ0n) is 17.8. The third kappa shape index (κ3) is 3.56. The summed E-state index contributed by atoms with van der Waals surface area (Å²) in [6.45, 7) is 1.79. The van der Waals surface area contributed by atoms with E-state index in [2.05, 4.69) is 15.6 Å². The van der Waals surface area contributed by atoms with E-state index in [1.807, 2.05) is 42.0 Å². The Hall–Kier alpha value is -2.87. The van der Waals surface area contributed by atoms with Crippen molar-refractivity contribution in [1.82, 2.24) is 9.55 Å². The number of aryl methyl sites for hydroxylation is 1. The largest absolute Gasteiger partial charge is 0.363 e. The fourth-order valence-electron chi connectivity index (χ4n) is 4.08. The second kappa shape index (κ2) is 8.58. The fourth-order valence-corrected chi connectivity index (χ4v) is 4.54. The summed E-state index contributed by atoms with van der Waals surface area (Å²) < 4.78 is 7.92. The van der Waals surface area contributed by atoms with Gasteiger partial charge in [0, 0.05) is 67.2 Å². The zero-order chi connectivity index (χ0) is 23.0. The molecule has 1 atom stereocenters. The number of ether oxygens (including phenoxy) is 1. The Morgan fingerprint density at radius 1 is 1.22 bits per heavy atom. The van der Waals surface area contributed by atoms with Gasteiger partial charge >= 0.3 is 0 Å². The summed E-state index contributed by atoms with van der Waals surface area (Å²) in [5.41, 5.74) is 2.06. The molecule has 2 amide bonds. The van der Waals surface area contributed by atoms with E-state index in [-0.39, 0.29) is 21.6 Å². The molecule has 0 fully saturated rings. The van der Waals surface area contributed by atoms with Gasteiger partial charge in [-0.05, 0) is 24.3 Å². The van der Waals surface area contributed by atoms with Gasteiger partial charge < -0.3 is 19.9 Å². The van der Waals surface area contributed by atoms with Gasteiger partial charge in [-0.2, -0.15) is 0 Å². The minimum atomic E-state index is -1.33. The van der Waals surface area contributed by atoms with Crippen LogP contribution in [0.25, 0.3) is 17.0 Å². The first-order valence-electron chi connectivity index (χ1n) is 10.1. The molecule has 1 aliphatic rings. The maximum Gasteiger partial charge on any atom is 0.261 e. The predicted octanol–water partition coefficient (Wildman–Crippen LogP) is 5.13. The lowest BCUT2D eigenvalue weighted by Gasteiger charge is -2.33. The molecule has 4 rings (SSSR count). The molecule has 7 nitrogen and oxygen atoms in total. The Bertz CT molecular complexity index is 1250. The number of hydrogen-bond donors (Lipinski definition) is 2. The Morgan fingerprint density at radius 3 is 2.59 bits per heavy atom. The number of nitrogens with zero attached hydrogens (tertiary/aromatic N) is 2. The smallest absolute Gasteiger partial charge is 0.261 e. The van der Waals surface area contributed by atoms with Crippen molar-refractivity contribution in [1.29, 1.82) is 0 Å². The highest BCUT2D eigenvalue weighted by atomic mass is 35.5. The average molecular weight is 473 g/mol. The molecular formula is C23H22Cl2N4O3. The number of carbonyl (C=O) groups excluding carboxylic acids is 2. The third-order valence-electron chi connectivity index (χ3n) is 5.74. The molecule has 0 spiro atoms. The second-order valence-electron chi connectivity index (χ2n) is 7.52. The average Bonchev–Trinajstić information content (AvgIpc) is 3.08. The molecule has 1 aromatic carbocycles. The number of aromatic nitrogens is 2. The van der Waals surface area contributed by atoms with Crippen LogP contribution in [-0.2, 0) is 27.0 Å². The molecule has 166 valence electrons. The highest BCUT2D eigenvalue weighted by Gasteiger charge is 2.45. The van der Waals surface area contributed by atoms with Gasteiger partial charge in [-0.15, -0.1) is 0 Å². The number of benzene rings is 1. The lowest BCUT2D eigenvalue weighted by atomic mass is 9.83. The highest BCUT2D eigenvalue weighted by Crippen LogP contribution is 2.44. The number of amides is 2. The molecular weight excluding hydrogens is 451 g/mol. The molecule has 2 N–H and O–H groups in total. The van der Waals surface area contributed by atoms with E-state index >= 15 is 0 Å². The van der Waals surface area contributed by atoms with Crippen LogP contribution in [0.15, 0.2) is 36.7 Å². The van der Waals surface area contributed by atoms with E-state index in [1.54, 1.807) is 6.92 Å². The van der Waals surface area contributed by atoms with Gasteiger partial charge in [-0.1, -0.05) is 36.2 Å². The molecule has 1 unspecified atom stereocenters. The number of carbonyl (C=O) groups is 2. The van der Waals surface area contributed by atoms with Crippen LogP contribution in [0.5, 0.6) is 0 Å². The number of anilines is 2. The summed E-state index contributed by atoms with van der Waals surface area (Å²) in [5, 5.41) is 6.98. The lowest BCUT2D eigenvalue weighted by Crippen LogP contribution is -2.43. The van der Waals surface area contributed by atoms with Gasteiger partial charge in [0.05, 0.1) is 15.7 Å². The van der Waals surface area contributed by atoms with Crippen molar-refractivity contribution in [2.24, 2.45) is 7.05 Å². The number of fused-ring (bicyclic) bond motifs is 3. The fraction of sp³-hybridized carbons (Fsp3) is 0.261. The standard InChI is InChI=1S/C23H22Cl2N4O3/c1-4-19(30)27-13-7-8-17-14(10-13)20-18(29(17)2)6-5-9-23(20,32-3)22(31)28-21-15(24)11-26-12-16(21)25/h5-8,10-12H,4,9H2,1-3H3,(H,27,30)(H,26,28,31). The molecule has 0 radical (unpaired) electrons. The molecule has 0 saturated heterocycles. The first-order chi connectivity index (χ1) is 15.3. The number of methoxy groups -OCH3 is 1. The molecule has 0 aliphatic heterocycles. The number of rotatable bonds is 5. The summed E-state index contributed by atoms with van der Waals surface area (Å²) >= 11 is 12.4. The van der Waals surface area contributed by atoms with Crippen LogP contribution in [-0.4, -0.2) is 28.5 Å². The monoisotopic (exact) mass is 472 g/mol. The van der Waals surface area contributed by atoms with Crippen LogP contribution in [0.2, 0.25) is 10.0 Å². The Balaban J connectivity index is 1.87. The van der Waals surface area contributed by atoms with Crippen LogP contribution in [0.4, 0.5) is 11.4 Å². The van der Waals surface area contributed by atoms with E-state index in [4.69, 9.17) is 27.9 Å². The second-order valence-corrected chi connectivity index (χ2v) is 8.34. The molecule has 32 heavy (non-hydrogen) atoms. The summed E-state index contributed by atoms with van der Waals surface area (Å²) in [4.78, 5) is 29.5. The molecule has 9 heteroatoms. The van der Waals surface area contributed by atoms with Crippen molar-refractivity contribution in [2.75, 3.05) is 17.7 Å². The molecule has 1 aliphatic carbocycles. The van der Waals surface area contributed by atoms with E-state index in [1.165, 1.54) is 19.5 Å². The van der Waals surface area contributed by atoms with Crippen molar-refractivity contribution in [3.8, 4) is 0 Å². The summed E-state index contributed by atoms with van der Waals surface area (Å²) in [6, 6.07) is 5.63. The first-order valence-corrected chi connectivity index (χ1v) is 10.8. The number of nitrogens with one attached hydrogen (secondary N) is 2. The minimum Gasteiger partial charge on any atom is -0.363 e. The Kier molecular flexibility index (Phi) is 5.99. The zero-order valence-corrected chi connectivity index (χ0v) is 19.3. The van der Waals surface area contributed by atoms with Crippen molar-refractivity contribution in [3.63, 3.8) is 0 Å². The lowest BCUT2D eigenvalue weighted by molar-refractivity contribution is -0.138. The van der Waals surface area contributed by atoms with Crippen LogP contribution >= 0.6 is 23.2 Å². The first kappa shape index (κ1) is 22.3. The molecule has 0 bridgehead atoms. The van der Waals surface area contributed by atoms with Gasteiger partial charge in [-0.25, -0.2) is 0 Å². The topological polar surface area (TPSA) is 85.2 Å². The van der Waals surface area contributed by atoms with Gasteiger partial charge in [0.25, 0.3) is 5.91 Å². The Morgan fingerprint density at radius 2 is 1.94 bits per heavy atom. The van der Waals surface area contributed by atoms with E-state index in [0.29, 0.717) is 24.1 Å². The minimum absolute atomic E-state index is 0.0910. The quantitative estimate of drug-likeness (QED) is 0.539. The van der Waals surface area contributed by atoms with Gasteiger partial charge in [-0.3, -0.25) is 14.6 Å². The number of pyridine rings is 1.